The molecule has 1 aliphatic heterocycles. The SMILES string of the molecule is Cc1cc(C)c(N2C(c3cc(Oc4ccc5cc(C(C)(C)C)cc(O)c5n4)ccn3)=N[C@H]3CCc4ccccc4[C@@H]32)c(C)c1. The van der Waals surface area contributed by atoms with Crippen molar-refractivity contribution in [1.29, 1.82) is 0 Å². The highest BCUT2D eigenvalue weighted by molar-refractivity contribution is 6.12. The average Bonchev–Trinajstić information content (AvgIpc) is 3.36. The molecular weight excluding hydrogens is 544 g/mol. The van der Waals surface area contributed by atoms with E-state index in [4.69, 9.17) is 14.7 Å². The summed E-state index contributed by atoms with van der Waals surface area (Å²) in [5.41, 5.74) is 9.86. The van der Waals surface area contributed by atoms with E-state index in [0.717, 1.165) is 35.3 Å². The van der Waals surface area contributed by atoms with Crippen LogP contribution in [0.5, 0.6) is 17.4 Å². The average molecular weight is 583 g/mol. The van der Waals surface area contributed by atoms with Crippen LogP contribution in [-0.4, -0.2) is 27.0 Å². The second-order valence-electron chi connectivity index (χ2n) is 13.3. The fraction of sp³-hybridized carbons (Fsp3) is 0.289. The Bertz CT molecular complexity index is 1930. The highest BCUT2D eigenvalue weighted by Gasteiger charge is 2.43. The number of ether oxygens (including phenoxy) is 1. The number of anilines is 1. The number of phenolic OH excluding ortho intramolecular Hbond substituents is 1. The number of benzene rings is 3. The number of pyridine rings is 2. The van der Waals surface area contributed by atoms with Crippen molar-refractivity contribution in [3.63, 3.8) is 0 Å². The standard InChI is InChI=1S/C38H38N4O2/c1-22-17-23(2)35(24(3)18-22)42-36-29-10-8-7-9-25(29)11-13-30(36)40-37(42)31-21-28(15-16-39-31)44-33-14-12-26-19-27(38(4,5)6)20-32(43)34(26)41-33/h7-10,12,14-21,30,36,43H,11,13H2,1-6H3/t30-,36-/m0/s1. The van der Waals surface area contributed by atoms with Crippen molar-refractivity contribution in [2.75, 3.05) is 4.90 Å². The largest absolute Gasteiger partial charge is 0.506 e. The molecule has 0 radical (unpaired) electrons. The predicted octanol–water partition coefficient (Wildman–Crippen LogP) is 8.67. The monoisotopic (exact) mass is 582 g/mol. The lowest BCUT2D eigenvalue weighted by Gasteiger charge is -2.36. The molecule has 0 saturated heterocycles. The van der Waals surface area contributed by atoms with E-state index >= 15 is 0 Å². The van der Waals surface area contributed by atoms with Crippen LogP contribution >= 0.6 is 0 Å². The van der Waals surface area contributed by atoms with E-state index in [1.165, 1.54) is 33.5 Å². The van der Waals surface area contributed by atoms with Gasteiger partial charge in [-0.1, -0.05) is 62.7 Å². The van der Waals surface area contributed by atoms with Gasteiger partial charge in [0.2, 0.25) is 5.88 Å². The molecule has 44 heavy (non-hydrogen) atoms. The number of hydrogen-bond donors (Lipinski definition) is 1. The molecule has 2 atom stereocenters. The molecule has 0 saturated carbocycles. The van der Waals surface area contributed by atoms with Gasteiger partial charge in [-0.3, -0.25) is 9.98 Å². The summed E-state index contributed by atoms with van der Waals surface area (Å²) in [6.45, 7) is 12.9. The number of aromatic hydroxyl groups is 1. The van der Waals surface area contributed by atoms with Crippen molar-refractivity contribution in [2.45, 2.75) is 71.9 Å². The highest BCUT2D eigenvalue weighted by atomic mass is 16.5. The Morgan fingerprint density at radius 1 is 0.909 bits per heavy atom. The fourth-order valence-corrected chi connectivity index (χ4v) is 6.91. The van der Waals surface area contributed by atoms with Crippen LogP contribution < -0.4 is 9.64 Å². The lowest BCUT2D eigenvalue weighted by Crippen LogP contribution is -2.37. The Kier molecular flexibility index (Phi) is 6.69. The topological polar surface area (TPSA) is 70.8 Å². The number of aryl methyl sites for hydroxylation is 4. The summed E-state index contributed by atoms with van der Waals surface area (Å²) in [4.78, 5) is 17.2. The van der Waals surface area contributed by atoms with Crippen LogP contribution in [0.15, 0.2) is 84.0 Å². The van der Waals surface area contributed by atoms with Crippen molar-refractivity contribution in [2.24, 2.45) is 4.99 Å². The normalized spacial score (nSPS) is 17.8. The molecule has 222 valence electrons. The van der Waals surface area contributed by atoms with Gasteiger partial charge >= 0.3 is 0 Å². The Morgan fingerprint density at radius 3 is 2.45 bits per heavy atom. The zero-order chi connectivity index (χ0) is 30.7. The van der Waals surface area contributed by atoms with E-state index in [2.05, 4.69) is 93.9 Å². The van der Waals surface area contributed by atoms with Gasteiger partial charge in [-0.2, -0.15) is 0 Å². The molecule has 2 aromatic heterocycles. The minimum atomic E-state index is -0.0830. The first-order valence-corrected chi connectivity index (χ1v) is 15.4. The van der Waals surface area contributed by atoms with Crippen molar-refractivity contribution in [1.82, 2.24) is 9.97 Å². The molecular formula is C38H38N4O2. The second-order valence-corrected chi connectivity index (χ2v) is 13.3. The van der Waals surface area contributed by atoms with Gasteiger partial charge in [0.25, 0.3) is 0 Å². The summed E-state index contributed by atoms with van der Waals surface area (Å²) in [5, 5.41) is 11.7. The quantitative estimate of drug-likeness (QED) is 0.230. The van der Waals surface area contributed by atoms with Crippen LogP contribution in [0.2, 0.25) is 0 Å². The molecule has 3 heterocycles. The molecule has 0 fully saturated rings. The van der Waals surface area contributed by atoms with E-state index in [9.17, 15) is 5.11 Å². The molecule has 0 amide bonds. The number of rotatable bonds is 4. The van der Waals surface area contributed by atoms with Crippen LogP contribution in [0, 0.1) is 20.8 Å². The van der Waals surface area contributed by atoms with Gasteiger partial charge in [-0.05, 0) is 91.1 Å². The number of aliphatic imine (C=N–C) groups is 1. The van der Waals surface area contributed by atoms with E-state index in [1.807, 2.05) is 24.3 Å². The lowest BCUT2D eigenvalue weighted by molar-refractivity contribution is 0.458. The molecule has 1 N–H and O–H groups in total. The fourth-order valence-electron chi connectivity index (χ4n) is 6.91. The Morgan fingerprint density at radius 2 is 1.68 bits per heavy atom. The molecule has 0 unspecified atom stereocenters. The van der Waals surface area contributed by atoms with Crippen LogP contribution in [0.3, 0.4) is 0 Å². The van der Waals surface area contributed by atoms with E-state index in [0.29, 0.717) is 17.1 Å². The third-order valence-corrected chi connectivity index (χ3v) is 8.91. The number of aromatic nitrogens is 2. The minimum Gasteiger partial charge on any atom is -0.506 e. The Hall–Kier alpha value is -4.71. The third-order valence-electron chi connectivity index (χ3n) is 8.91. The number of hydrogen-bond acceptors (Lipinski definition) is 6. The molecule has 0 bridgehead atoms. The predicted molar refractivity (Wildman–Crippen MR) is 177 cm³/mol. The smallest absolute Gasteiger partial charge is 0.219 e. The van der Waals surface area contributed by atoms with Gasteiger partial charge in [-0.25, -0.2) is 4.98 Å². The van der Waals surface area contributed by atoms with Gasteiger partial charge in [-0.15, -0.1) is 0 Å². The molecule has 0 spiro atoms. The van der Waals surface area contributed by atoms with Gasteiger partial charge < -0.3 is 14.7 Å². The summed E-state index contributed by atoms with van der Waals surface area (Å²) >= 11 is 0. The Labute approximate surface area is 259 Å². The molecule has 6 nitrogen and oxygen atoms in total. The van der Waals surface area contributed by atoms with Crippen LogP contribution in [-0.2, 0) is 11.8 Å². The van der Waals surface area contributed by atoms with Crippen LogP contribution in [0.4, 0.5) is 5.69 Å². The minimum absolute atomic E-state index is 0.0830. The first-order valence-electron chi connectivity index (χ1n) is 15.4. The van der Waals surface area contributed by atoms with E-state index in [1.54, 1.807) is 12.3 Å². The Balaban J connectivity index is 1.28. The first-order chi connectivity index (χ1) is 21.1. The van der Waals surface area contributed by atoms with Crippen molar-refractivity contribution >= 4 is 22.4 Å². The molecule has 7 rings (SSSR count). The van der Waals surface area contributed by atoms with Crippen LogP contribution in [0.1, 0.15) is 72.3 Å². The highest BCUT2D eigenvalue weighted by Crippen LogP contribution is 2.46. The molecule has 2 aliphatic rings. The maximum absolute atomic E-state index is 10.8. The zero-order valence-corrected chi connectivity index (χ0v) is 26.2. The molecule has 1 aliphatic carbocycles. The van der Waals surface area contributed by atoms with Gasteiger partial charge in [0.15, 0.2) is 5.84 Å². The maximum Gasteiger partial charge on any atom is 0.219 e. The summed E-state index contributed by atoms with van der Waals surface area (Å²) in [6, 6.07) is 25.0. The molecule has 6 heteroatoms. The van der Waals surface area contributed by atoms with E-state index in [-0.39, 0.29) is 23.2 Å². The summed E-state index contributed by atoms with van der Waals surface area (Å²) in [6.07, 6.45) is 3.77. The summed E-state index contributed by atoms with van der Waals surface area (Å²) in [7, 11) is 0. The third kappa shape index (κ3) is 4.88. The van der Waals surface area contributed by atoms with Crippen LogP contribution in [0.25, 0.3) is 10.9 Å². The summed E-state index contributed by atoms with van der Waals surface area (Å²) < 4.78 is 6.28. The summed E-state index contributed by atoms with van der Waals surface area (Å²) in [5.74, 6) is 2.03. The number of fused-ring (bicyclic) bond motifs is 4. The molecule has 3 aromatic carbocycles. The molecule has 5 aromatic rings. The van der Waals surface area contributed by atoms with Crippen molar-refractivity contribution in [3.8, 4) is 17.4 Å². The van der Waals surface area contributed by atoms with Gasteiger partial charge in [0, 0.05) is 29.4 Å². The van der Waals surface area contributed by atoms with Gasteiger partial charge in [0.05, 0.1) is 12.1 Å². The van der Waals surface area contributed by atoms with Crippen molar-refractivity contribution < 1.29 is 9.84 Å². The van der Waals surface area contributed by atoms with Gasteiger partial charge in [0.1, 0.15) is 22.7 Å². The number of amidine groups is 1. The van der Waals surface area contributed by atoms with E-state index < -0.39 is 0 Å². The van der Waals surface area contributed by atoms with Crippen molar-refractivity contribution in [3.05, 3.63) is 118 Å². The first kappa shape index (κ1) is 28.1. The number of nitrogens with zero attached hydrogens (tertiary/aromatic N) is 4. The number of phenols is 1. The maximum atomic E-state index is 10.8. The zero-order valence-electron chi connectivity index (χ0n) is 26.2. The lowest BCUT2D eigenvalue weighted by atomic mass is 9.83. The second kappa shape index (κ2) is 10.5.